The molecule has 0 aliphatic rings. The summed E-state index contributed by atoms with van der Waals surface area (Å²) in [4.78, 5) is 17.3. The van der Waals surface area contributed by atoms with Crippen molar-refractivity contribution in [3.8, 4) is 16.3 Å². The average Bonchev–Trinajstić information content (AvgIpc) is 3.17. The fourth-order valence-corrected chi connectivity index (χ4v) is 3.94. The minimum atomic E-state index is -4.46. The second-order valence-electron chi connectivity index (χ2n) is 6.43. The molecule has 30 heavy (non-hydrogen) atoms. The maximum Gasteiger partial charge on any atom is 0.416 e. The summed E-state index contributed by atoms with van der Waals surface area (Å²) >= 11 is 1.48. The van der Waals surface area contributed by atoms with Gasteiger partial charge in [0.2, 0.25) is 0 Å². The number of hydrogen-bond acceptors (Lipinski definition) is 4. The Kier molecular flexibility index (Phi) is 5.17. The highest BCUT2D eigenvalue weighted by molar-refractivity contribution is 7.21. The van der Waals surface area contributed by atoms with Gasteiger partial charge in [0, 0.05) is 17.2 Å². The number of methoxy groups -OCH3 is 1. The standard InChI is InChI=1S/C22H15F3N2O2S/c1-29-15-10-11-16(21-27-17-4-2-3-5-19(17)30-21)18(12-15)26-20(28)13-6-8-14(9-7-13)22(23,24)25/h2-12H,1H3,(H,26,28). The molecule has 0 bridgehead atoms. The van der Waals surface area contributed by atoms with Crippen molar-refractivity contribution in [3.63, 3.8) is 0 Å². The van der Waals surface area contributed by atoms with E-state index < -0.39 is 17.6 Å². The van der Waals surface area contributed by atoms with E-state index in [1.807, 2.05) is 24.3 Å². The lowest BCUT2D eigenvalue weighted by atomic mass is 10.1. The molecule has 0 aliphatic heterocycles. The highest BCUT2D eigenvalue weighted by atomic mass is 32.1. The molecule has 1 heterocycles. The molecule has 4 nitrogen and oxygen atoms in total. The Labute approximate surface area is 174 Å². The average molecular weight is 428 g/mol. The maximum absolute atomic E-state index is 12.8. The fraction of sp³-hybridized carbons (Fsp3) is 0.0909. The molecule has 4 rings (SSSR count). The number of anilines is 1. The van der Waals surface area contributed by atoms with E-state index in [0.717, 1.165) is 34.5 Å². The molecule has 0 unspecified atom stereocenters. The molecular formula is C22H15F3N2O2S. The van der Waals surface area contributed by atoms with Gasteiger partial charge in [-0.05, 0) is 48.5 Å². The van der Waals surface area contributed by atoms with E-state index in [4.69, 9.17) is 4.74 Å². The maximum atomic E-state index is 12.8. The van der Waals surface area contributed by atoms with E-state index in [0.29, 0.717) is 22.0 Å². The van der Waals surface area contributed by atoms with Crippen molar-refractivity contribution < 1.29 is 22.7 Å². The zero-order valence-electron chi connectivity index (χ0n) is 15.7. The number of amides is 1. The third kappa shape index (κ3) is 3.99. The summed E-state index contributed by atoms with van der Waals surface area (Å²) in [5.41, 5.74) is 1.29. The summed E-state index contributed by atoms with van der Waals surface area (Å²) in [5, 5.41) is 3.48. The molecule has 0 saturated carbocycles. The number of nitrogens with zero attached hydrogens (tertiary/aromatic N) is 1. The molecule has 0 aliphatic carbocycles. The molecule has 8 heteroatoms. The Hall–Kier alpha value is -3.39. The number of thiazole rings is 1. The van der Waals surface area contributed by atoms with Crippen LogP contribution in [0.3, 0.4) is 0 Å². The van der Waals surface area contributed by atoms with Crippen molar-refractivity contribution in [3.05, 3.63) is 77.9 Å². The predicted molar refractivity (Wildman–Crippen MR) is 111 cm³/mol. The smallest absolute Gasteiger partial charge is 0.416 e. The molecule has 1 aromatic heterocycles. The number of ether oxygens (including phenoxy) is 1. The SMILES string of the molecule is COc1ccc(-c2nc3ccccc3s2)c(NC(=O)c2ccc(C(F)(F)F)cc2)c1. The van der Waals surface area contributed by atoms with Gasteiger partial charge < -0.3 is 10.1 Å². The van der Waals surface area contributed by atoms with E-state index in [2.05, 4.69) is 10.3 Å². The number of para-hydroxylation sites is 1. The van der Waals surface area contributed by atoms with Gasteiger partial charge in [-0.3, -0.25) is 4.79 Å². The molecule has 152 valence electrons. The fourth-order valence-electron chi connectivity index (χ4n) is 2.93. The highest BCUT2D eigenvalue weighted by Gasteiger charge is 2.30. The van der Waals surface area contributed by atoms with Gasteiger partial charge in [0.25, 0.3) is 5.91 Å². The predicted octanol–water partition coefficient (Wildman–Crippen LogP) is 6.24. The number of rotatable bonds is 4. The van der Waals surface area contributed by atoms with Crippen LogP contribution in [-0.4, -0.2) is 18.0 Å². The van der Waals surface area contributed by atoms with Crippen LogP contribution in [0.25, 0.3) is 20.8 Å². The van der Waals surface area contributed by atoms with Crippen molar-refractivity contribution in [2.24, 2.45) is 0 Å². The van der Waals surface area contributed by atoms with Crippen molar-refractivity contribution in [1.82, 2.24) is 4.98 Å². The van der Waals surface area contributed by atoms with E-state index in [-0.39, 0.29) is 5.56 Å². The molecular weight excluding hydrogens is 413 g/mol. The Bertz CT molecular complexity index is 1180. The number of carbonyl (C=O) groups is 1. The number of fused-ring (bicyclic) bond motifs is 1. The van der Waals surface area contributed by atoms with Crippen LogP contribution >= 0.6 is 11.3 Å². The largest absolute Gasteiger partial charge is 0.497 e. The Balaban J connectivity index is 1.68. The topological polar surface area (TPSA) is 51.2 Å². The van der Waals surface area contributed by atoms with Gasteiger partial charge in [0.1, 0.15) is 10.8 Å². The molecule has 3 aromatic carbocycles. The molecule has 0 spiro atoms. The summed E-state index contributed by atoms with van der Waals surface area (Å²) in [6.07, 6.45) is -4.46. The summed E-state index contributed by atoms with van der Waals surface area (Å²) in [6.45, 7) is 0. The zero-order chi connectivity index (χ0) is 21.3. The first-order chi connectivity index (χ1) is 14.3. The molecule has 0 radical (unpaired) electrons. The van der Waals surface area contributed by atoms with Gasteiger partial charge in [-0.25, -0.2) is 4.98 Å². The third-order valence-corrected chi connectivity index (χ3v) is 5.54. The van der Waals surface area contributed by atoms with Crippen LogP contribution in [0, 0.1) is 0 Å². The van der Waals surface area contributed by atoms with Gasteiger partial charge in [0.05, 0.1) is 28.6 Å². The number of carbonyl (C=O) groups excluding carboxylic acids is 1. The second kappa shape index (κ2) is 7.79. The first kappa shape index (κ1) is 19.9. The monoisotopic (exact) mass is 428 g/mol. The number of alkyl halides is 3. The van der Waals surface area contributed by atoms with Gasteiger partial charge in [-0.15, -0.1) is 11.3 Å². The lowest BCUT2D eigenvalue weighted by Gasteiger charge is -2.12. The van der Waals surface area contributed by atoms with Gasteiger partial charge in [0.15, 0.2) is 0 Å². The van der Waals surface area contributed by atoms with Crippen LogP contribution in [0.2, 0.25) is 0 Å². The minimum Gasteiger partial charge on any atom is -0.497 e. The van der Waals surface area contributed by atoms with E-state index >= 15 is 0 Å². The molecule has 4 aromatic rings. The van der Waals surface area contributed by atoms with E-state index in [1.165, 1.54) is 18.4 Å². The first-order valence-corrected chi connectivity index (χ1v) is 9.69. The summed E-state index contributed by atoms with van der Waals surface area (Å²) in [7, 11) is 1.51. The highest BCUT2D eigenvalue weighted by Crippen LogP contribution is 2.37. The molecule has 1 N–H and O–H groups in total. The second-order valence-corrected chi connectivity index (χ2v) is 7.46. The van der Waals surface area contributed by atoms with Crippen LogP contribution in [-0.2, 0) is 6.18 Å². The summed E-state index contributed by atoms with van der Waals surface area (Å²) < 4.78 is 44.5. The number of halogens is 3. The lowest BCUT2D eigenvalue weighted by Crippen LogP contribution is -2.13. The van der Waals surface area contributed by atoms with Gasteiger partial charge >= 0.3 is 6.18 Å². The first-order valence-electron chi connectivity index (χ1n) is 8.88. The number of aromatic nitrogens is 1. The van der Waals surface area contributed by atoms with E-state index in [1.54, 1.807) is 18.2 Å². The van der Waals surface area contributed by atoms with Crippen LogP contribution in [0.4, 0.5) is 18.9 Å². The molecule has 1 amide bonds. The van der Waals surface area contributed by atoms with Crippen LogP contribution in [0.5, 0.6) is 5.75 Å². The number of nitrogens with one attached hydrogen (secondary N) is 1. The van der Waals surface area contributed by atoms with E-state index in [9.17, 15) is 18.0 Å². The molecule has 0 fully saturated rings. The van der Waals surface area contributed by atoms with Crippen molar-refractivity contribution >= 4 is 33.1 Å². The van der Waals surface area contributed by atoms with Crippen molar-refractivity contribution in [1.29, 1.82) is 0 Å². The number of hydrogen-bond donors (Lipinski definition) is 1. The molecule has 0 saturated heterocycles. The zero-order valence-corrected chi connectivity index (χ0v) is 16.5. The molecule has 0 atom stereocenters. The van der Waals surface area contributed by atoms with Crippen molar-refractivity contribution in [2.45, 2.75) is 6.18 Å². The van der Waals surface area contributed by atoms with Crippen LogP contribution in [0.15, 0.2) is 66.7 Å². The Morgan fingerprint density at radius 2 is 1.77 bits per heavy atom. The number of benzene rings is 3. The van der Waals surface area contributed by atoms with Gasteiger partial charge in [-0.2, -0.15) is 13.2 Å². The van der Waals surface area contributed by atoms with Crippen LogP contribution in [0.1, 0.15) is 15.9 Å². The Morgan fingerprint density at radius 3 is 2.43 bits per heavy atom. The van der Waals surface area contributed by atoms with Crippen LogP contribution < -0.4 is 10.1 Å². The minimum absolute atomic E-state index is 0.112. The Morgan fingerprint density at radius 1 is 1.03 bits per heavy atom. The van der Waals surface area contributed by atoms with Crippen molar-refractivity contribution in [2.75, 3.05) is 12.4 Å². The lowest BCUT2D eigenvalue weighted by molar-refractivity contribution is -0.137. The van der Waals surface area contributed by atoms with Gasteiger partial charge in [-0.1, -0.05) is 12.1 Å². The quantitative estimate of drug-likeness (QED) is 0.418. The third-order valence-electron chi connectivity index (χ3n) is 4.47. The summed E-state index contributed by atoms with van der Waals surface area (Å²) in [6, 6.07) is 16.9. The summed E-state index contributed by atoms with van der Waals surface area (Å²) in [5.74, 6) is 0.00178. The normalized spacial score (nSPS) is 11.5.